The van der Waals surface area contributed by atoms with E-state index in [9.17, 15) is 8.42 Å². The Morgan fingerprint density at radius 2 is 1.57 bits per heavy atom. The fourth-order valence-corrected chi connectivity index (χ4v) is 4.72. The number of hydrogen-bond acceptors (Lipinski definition) is 8. The first-order valence-electron chi connectivity index (χ1n) is 12.9. The summed E-state index contributed by atoms with van der Waals surface area (Å²) in [5.41, 5.74) is 8.32. The SMILES string of the molecule is CNS(=O)(=O)c1ccc(C(C)=NNc2cc(Nc3ccccc3)nc(NCCN(C)C)c2-c2ccccc2)cc1. The number of likely N-dealkylation sites (N-methyl/N-ethyl adjacent to an activating group) is 1. The molecule has 0 radical (unpaired) electrons. The van der Waals surface area contributed by atoms with Gasteiger partial charge in [-0.25, -0.2) is 18.1 Å². The Hall–Kier alpha value is -4.25. The molecule has 3 aromatic carbocycles. The summed E-state index contributed by atoms with van der Waals surface area (Å²) in [7, 11) is 1.95. The molecule has 0 amide bonds. The highest BCUT2D eigenvalue weighted by Crippen LogP contribution is 2.37. The maximum atomic E-state index is 12.1. The first kappa shape index (κ1) is 28.8. The lowest BCUT2D eigenvalue weighted by Crippen LogP contribution is -2.21. The normalized spacial score (nSPS) is 11.9. The Bertz CT molecular complexity index is 1540. The van der Waals surface area contributed by atoms with Crippen LogP contribution < -0.4 is 20.8 Å². The van der Waals surface area contributed by atoms with Gasteiger partial charge in [-0.2, -0.15) is 5.10 Å². The topological polar surface area (TPSA) is 111 Å². The van der Waals surface area contributed by atoms with E-state index in [2.05, 4.69) is 30.8 Å². The fourth-order valence-electron chi connectivity index (χ4n) is 3.99. The molecule has 0 bridgehead atoms. The minimum Gasteiger partial charge on any atom is -0.368 e. The summed E-state index contributed by atoms with van der Waals surface area (Å²) in [6.07, 6.45) is 0. The summed E-state index contributed by atoms with van der Waals surface area (Å²) in [5.74, 6) is 1.39. The number of nitrogens with one attached hydrogen (secondary N) is 4. The Kier molecular flexibility index (Phi) is 9.49. The van der Waals surface area contributed by atoms with Gasteiger partial charge in [0.15, 0.2) is 0 Å². The van der Waals surface area contributed by atoms with Gasteiger partial charge in [0.05, 0.1) is 16.3 Å². The van der Waals surface area contributed by atoms with Gasteiger partial charge in [-0.1, -0.05) is 60.7 Å². The van der Waals surface area contributed by atoms with Crippen molar-refractivity contribution in [1.29, 1.82) is 0 Å². The molecule has 0 atom stereocenters. The van der Waals surface area contributed by atoms with E-state index in [0.717, 1.165) is 40.4 Å². The number of sulfonamides is 1. The van der Waals surface area contributed by atoms with Crippen molar-refractivity contribution < 1.29 is 8.42 Å². The van der Waals surface area contributed by atoms with E-state index in [1.54, 1.807) is 24.3 Å². The summed E-state index contributed by atoms with van der Waals surface area (Å²) in [6, 6.07) is 28.5. The minimum absolute atomic E-state index is 0.199. The average molecular weight is 558 g/mol. The van der Waals surface area contributed by atoms with Crippen LogP contribution in [0.5, 0.6) is 0 Å². The molecule has 0 aliphatic rings. The third-order valence-electron chi connectivity index (χ3n) is 6.17. The lowest BCUT2D eigenvalue weighted by Gasteiger charge is -2.19. The number of rotatable bonds is 12. The van der Waals surface area contributed by atoms with Crippen molar-refractivity contribution in [2.24, 2.45) is 5.10 Å². The second-order valence-corrected chi connectivity index (χ2v) is 11.3. The van der Waals surface area contributed by atoms with Gasteiger partial charge >= 0.3 is 0 Å². The maximum Gasteiger partial charge on any atom is 0.240 e. The summed E-state index contributed by atoms with van der Waals surface area (Å²) in [5, 5.41) is 11.6. The summed E-state index contributed by atoms with van der Waals surface area (Å²) in [6.45, 7) is 3.42. The second-order valence-electron chi connectivity index (χ2n) is 9.41. The molecular weight excluding hydrogens is 522 g/mol. The maximum absolute atomic E-state index is 12.1. The summed E-state index contributed by atoms with van der Waals surface area (Å²) >= 11 is 0. The lowest BCUT2D eigenvalue weighted by atomic mass is 10.0. The van der Waals surface area contributed by atoms with Gasteiger partial charge in [-0.15, -0.1) is 0 Å². The predicted molar refractivity (Wildman–Crippen MR) is 165 cm³/mol. The van der Waals surface area contributed by atoms with Crippen LogP contribution in [0.4, 0.5) is 23.0 Å². The molecule has 1 aromatic heterocycles. The first-order valence-corrected chi connectivity index (χ1v) is 14.4. The van der Waals surface area contributed by atoms with Gasteiger partial charge in [0, 0.05) is 30.4 Å². The van der Waals surface area contributed by atoms with Crippen molar-refractivity contribution in [2.45, 2.75) is 11.8 Å². The number of hydrogen-bond donors (Lipinski definition) is 4. The molecule has 0 aliphatic heterocycles. The van der Waals surface area contributed by atoms with Crippen LogP contribution in [0.2, 0.25) is 0 Å². The highest BCUT2D eigenvalue weighted by atomic mass is 32.2. The monoisotopic (exact) mass is 557 g/mol. The van der Waals surface area contributed by atoms with Crippen molar-refractivity contribution in [3.63, 3.8) is 0 Å². The van der Waals surface area contributed by atoms with Crippen molar-refractivity contribution in [3.05, 3.63) is 96.6 Å². The van der Waals surface area contributed by atoms with Gasteiger partial charge in [-0.3, -0.25) is 5.43 Å². The molecule has 0 fully saturated rings. The van der Waals surface area contributed by atoms with Gasteiger partial charge in [0.1, 0.15) is 11.6 Å². The van der Waals surface area contributed by atoms with E-state index in [-0.39, 0.29) is 4.90 Å². The van der Waals surface area contributed by atoms with Crippen molar-refractivity contribution >= 4 is 38.7 Å². The number of hydrazone groups is 1. The quantitative estimate of drug-likeness (QED) is 0.140. The number of nitrogens with zero attached hydrogens (tertiary/aromatic N) is 3. The van der Waals surface area contributed by atoms with E-state index in [4.69, 9.17) is 4.98 Å². The number of anilines is 4. The van der Waals surface area contributed by atoms with Gasteiger partial charge in [-0.05, 0) is 63.5 Å². The van der Waals surface area contributed by atoms with Crippen LogP contribution in [0.25, 0.3) is 11.1 Å². The highest BCUT2D eigenvalue weighted by molar-refractivity contribution is 7.89. The molecule has 0 saturated heterocycles. The molecule has 0 unspecified atom stereocenters. The molecule has 0 spiro atoms. The smallest absolute Gasteiger partial charge is 0.240 e. The molecule has 4 rings (SSSR count). The average Bonchev–Trinajstić information content (AvgIpc) is 2.96. The molecule has 0 saturated carbocycles. The Labute approximate surface area is 236 Å². The number of aromatic nitrogens is 1. The fraction of sp³-hybridized carbons (Fsp3) is 0.200. The van der Waals surface area contributed by atoms with Gasteiger partial charge in [0.2, 0.25) is 10.0 Å². The van der Waals surface area contributed by atoms with E-state index in [1.165, 1.54) is 7.05 Å². The van der Waals surface area contributed by atoms with Crippen LogP contribution >= 0.6 is 0 Å². The van der Waals surface area contributed by atoms with Crippen LogP contribution in [-0.2, 0) is 10.0 Å². The molecule has 1 heterocycles. The zero-order chi connectivity index (χ0) is 28.5. The van der Waals surface area contributed by atoms with E-state index < -0.39 is 10.0 Å². The Morgan fingerprint density at radius 3 is 2.20 bits per heavy atom. The van der Waals surface area contributed by atoms with Crippen LogP contribution in [0.15, 0.2) is 101 Å². The summed E-state index contributed by atoms with van der Waals surface area (Å²) < 4.78 is 26.5. The summed E-state index contributed by atoms with van der Waals surface area (Å²) in [4.78, 5) is 7.25. The van der Waals surface area contributed by atoms with Crippen LogP contribution in [-0.4, -0.2) is 58.2 Å². The van der Waals surface area contributed by atoms with E-state index >= 15 is 0 Å². The predicted octanol–water partition coefficient (Wildman–Crippen LogP) is 5.21. The molecule has 10 heteroatoms. The zero-order valence-electron chi connectivity index (χ0n) is 23.1. The van der Waals surface area contributed by atoms with Gasteiger partial charge < -0.3 is 15.5 Å². The molecule has 40 heavy (non-hydrogen) atoms. The van der Waals surface area contributed by atoms with E-state index in [1.807, 2.05) is 87.7 Å². The number of pyridine rings is 1. The molecule has 9 nitrogen and oxygen atoms in total. The van der Waals surface area contributed by atoms with Crippen LogP contribution in [0, 0.1) is 0 Å². The Balaban J connectivity index is 1.74. The third-order valence-corrected chi connectivity index (χ3v) is 7.60. The Morgan fingerprint density at radius 1 is 0.925 bits per heavy atom. The zero-order valence-corrected chi connectivity index (χ0v) is 24.0. The van der Waals surface area contributed by atoms with Crippen molar-refractivity contribution in [1.82, 2.24) is 14.6 Å². The minimum atomic E-state index is -3.51. The van der Waals surface area contributed by atoms with Gasteiger partial charge in [0.25, 0.3) is 0 Å². The molecule has 0 aliphatic carbocycles. The highest BCUT2D eigenvalue weighted by Gasteiger charge is 2.16. The van der Waals surface area contributed by atoms with Crippen molar-refractivity contribution in [3.8, 4) is 11.1 Å². The van der Waals surface area contributed by atoms with E-state index in [0.29, 0.717) is 18.1 Å². The molecular formula is C30H35N7O2S. The first-order chi connectivity index (χ1) is 19.3. The van der Waals surface area contributed by atoms with Crippen LogP contribution in [0.1, 0.15) is 12.5 Å². The number of benzene rings is 3. The lowest BCUT2D eigenvalue weighted by molar-refractivity contribution is 0.425. The molecule has 4 N–H and O–H groups in total. The molecule has 4 aromatic rings. The van der Waals surface area contributed by atoms with Crippen molar-refractivity contribution in [2.75, 3.05) is 50.3 Å². The van der Waals surface area contributed by atoms with Crippen LogP contribution in [0.3, 0.4) is 0 Å². The third kappa shape index (κ3) is 7.44. The molecule has 208 valence electrons. The second kappa shape index (κ2) is 13.2. The largest absolute Gasteiger partial charge is 0.368 e. The number of para-hydroxylation sites is 1. The standard InChI is InChI=1S/C30H35N7O2S/c1-22(23-15-17-26(18-16-23)40(38,39)31-2)35-36-27-21-28(33-25-13-9-6-10-14-25)34-30(32-19-20-37(3)4)29(27)24-11-7-5-8-12-24/h5-18,21,31H,19-20H2,1-4H3,(H3,32,33,34,36).